The van der Waals surface area contributed by atoms with Gasteiger partial charge in [-0.3, -0.25) is 4.79 Å². The quantitative estimate of drug-likeness (QED) is 0.652. The summed E-state index contributed by atoms with van der Waals surface area (Å²) in [5.41, 5.74) is 1.60. The fraction of sp³-hybridized carbons (Fsp3) is 0.435. The summed E-state index contributed by atoms with van der Waals surface area (Å²) in [5.74, 6) is 1.46. The van der Waals surface area contributed by atoms with Crippen LogP contribution in [0.25, 0.3) is 0 Å². The van der Waals surface area contributed by atoms with Gasteiger partial charge in [0.1, 0.15) is 18.5 Å². The molecule has 0 aromatic heterocycles. The Morgan fingerprint density at radius 1 is 1.00 bits per heavy atom. The molecule has 164 valence electrons. The van der Waals surface area contributed by atoms with Gasteiger partial charge in [-0.1, -0.05) is 32.9 Å². The van der Waals surface area contributed by atoms with Crippen LogP contribution in [-0.4, -0.2) is 51.6 Å². The first-order chi connectivity index (χ1) is 14.2. The number of hydrogen-bond acceptors (Lipinski definition) is 6. The van der Waals surface area contributed by atoms with Crippen LogP contribution >= 0.6 is 0 Å². The third-order valence-electron chi connectivity index (χ3n) is 4.59. The SMILES string of the molecule is COc1cc(C(=O)NC[C@@H](O)COc2ccc(C(C)(C)C)cc2)cc(OC)c1OC. The molecule has 2 aromatic carbocycles. The molecule has 0 fully saturated rings. The predicted octanol–water partition coefficient (Wildman–Crippen LogP) is 3.18. The van der Waals surface area contributed by atoms with E-state index in [9.17, 15) is 9.90 Å². The van der Waals surface area contributed by atoms with Gasteiger partial charge in [-0.2, -0.15) is 0 Å². The molecule has 0 heterocycles. The summed E-state index contributed by atoms with van der Waals surface area (Å²) >= 11 is 0. The lowest BCUT2D eigenvalue weighted by molar-refractivity contribution is 0.0843. The Labute approximate surface area is 177 Å². The number of hydrogen-bond donors (Lipinski definition) is 2. The first-order valence-corrected chi connectivity index (χ1v) is 9.69. The van der Waals surface area contributed by atoms with Crippen molar-refractivity contribution in [3.63, 3.8) is 0 Å². The number of carbonyl (C=O) groups is 1. The van der Waals surface area contributed by atoms with Crippen LogP contribution in [-0.2, 0) is 5.41 Å². The lowest BCUT2D eigenvalue weighted by atomic mass is 9.87. The smallest absolute Gasteiger partial charge is 0.251 e. The van der Waals surface area contributed by atoms with E-state index < -0.39 is 6.10 Å². The fourth-order valence-electron chi connectivity index (χ4n) is 2.83. The third kappa shape index (κ3) is 6.03. The maximum absolute atomic E-state index is 12.5. The van der Waals surface area contributed by atoms with Crippen LogP contribution in [0.3, 0.4) is 0 Å². The van der Waals surface area contributed by atoms with Crippen LogP contribution < -0.4 is 24.3 Å². The minimum atomic E-state index is -0.863. The molecule has 2 N–H and O–H groups in total. The van der Waals surface area contributed by atoms with Crippen LogP contribution in [0, 0.1) is 0 Å². The van der Waals surface area contributed by atoms with Gasteiger partial charge >= 0.3 is 0 Å². The Balaban J connectivity index is 1.91. The summed E-state index contributed by atoms with van der Waals surface area (Å²) in [5, 5.41) is 12.8. The van der Waals surface area contributed by atoms with Crippen LogP contribution in [0.2, 0.25) is 0 Å². The molecule has 0 saturated carbocycles. The number of benzene rings is 2. The van der Waals surface area contributed by atoms with Gasteiger partial charge in [-0.15, -0.1) is 0 Å². The number of nitrogens with one attached hydrogen (secondary N) is 1. The molecule has 30 heavy (non-hydrogen) atoms. The molecule has 0 unspecified atom stereocenters. The van der Waals surface area contributed by atoms with Crippen molar-refractivity contribution in [2.45, 2.75) is 32.3 Å². The summed E-state index contributed by atoms with van der Waals surface area (Å²) in [6.45, 7) is 6.52. The van der Waals surface area contributed by atoms with Crippen molar-refractivity contribution in [1.82, 2.24) is 5.32 Å². The second kappa shape index (κ2) is 10.2. The van der Waals surface area contributed by atoms with E-state index in [1.165, 1.54) is 26.9 Å². The monoisotopic (exact) mass is 417 g/mol. The Kier molecular flexibility index (Phi) is 7.94. The molecule has 0 aliphatic heterocycles. The zero-order chi connectivity index (χ0) is 22.3. The number of carbonyl (C=O) groups excluding carboxylic acids is 1. The van der Waals surface area contributed by atoms with Crippen LogP contribution in [0.1, 0.15) is 36.7 Å². The second-order valence-corrected chi connectivity index (χ2v) is 7.86. The molecular weight excluding hydrogens is 386 g/mol. The molecule has 1 amide bonds. The van der Waals surface area contributed by atoms with Crippen molar-refractivity contribution >= 4 is 5.91 Å². The standard InChI is InChI=1S/C23H31NO6/c1-23(2,3)16-7-9-18(10-8-16)30-14-17(25)13-24-22(26)15-11-19(27-4)21(29-6)20(12-15)28-5/h7-12,17,25H,13-14H2,1-6H3,(H,24,26)/t17-/m1/s1. The van der Waals surface area contributed by atoms with E-state index in [0.717, 1.165) is 0 Å². The molecule has 0 bridgehead atoms. The second-order valence-electron chi connectivity index (χ2n) is 7.86. The molecule has 7 nitrogen and oxygen atoms in total. The highest BCUT2D eigenvalue weighted by molar-refractivity contribution is 5.95. The summed E-state index contributed by atoms with van der Waals surface area (Å²) in [7, 11) is 4.45. The van der Waals surface area contributed by atoms with E-state index in [4.69, 9.17) is 18.9 Å². The Morgan fingerprint density at radius 2 is 1.57 bits per heavy atom. The lowest BCUT2D eigenvalue weighted by Gasteiger charge is -2.19. The highest BCUT2D eigenvalue weighted by Gasteiger charge is 2.18. The first kappa shape index (κ1) is 23.3. The van der Waals surface area contributed by atoms with E-state index >= 15 is 0 Å². The van der Waals surface area contributed by atoms with Crippen LogP contribution in [0.5, 0.6) is 23.0 Å². The Hall–Kier alpha value is -2.93. The fourth-order valence-corrected chi connectivity index (χ4v) is 2.83. The number of methoxy groups -OCH3 is 3. The Morgan fingerprint density at radius 3 is 2.03 bits per heavy atom. The minimum Gasteiger partial charge on any atom is -0.493 e. The van der Waals surface area contributed by atoms with Crippen LogP contribution in [0.4, 0.5) is 0 Å². The predicted molar refractivity (Wildman–Crippen MR) is 115 cm³/mol. The Bertz CT molecular complexity index is 817. The van der Waals surface area contributed by atoms with Gasteiger partial charge in [0.05, 0.1) is 21.3 Å². The van der Waals surface area contributed by atoms with E-state index in [2.05, 4.69) is 26.1 Å². The number of rotatable bonds is 9. The van der Waals surface area contributed by atoms with Crippen molar-refractivity contribution < 1.29 is 28.8 Å². The molecule has 7 heteroatoms. The lowest BCUT2D eigenvalue weighted by Crippen LogP contribution is -2.35. The average molecular weight is 418 g/mol. The summed E-state index contributed by atoms with van der Waals surface area (Å²) < 4.78 is 21.4. The highest BCUT2D eigenvalue weighted by atomic mass is 16.5. The van der Waals surface area contributed by atoms with Crippen molar-refractivity contribution in [3.8, 4) is 23.0 Å². The van der Waals surface area contributed by atoms with E-state index in [1.807, 2.05) is 24.3 Å². The number of aliphatic hydroxyl groups is 1. The molecule has 0 spiro atoms. The first-order valence-electron chi connectivity index (χ1n) is 9.69. The summed E-state index contributed by atoms with van der Waals surface area (Å²) in [4.78, 5) is 12.5. The molecule has 2 aromatic rings. The largest absolute Gasteiger partial charge is 0.493 e. The maximum atomic E-state index is 12.5. The zero-order valence-electron chi connectivity index (χ0n) is 18.4. The van der Waals surface area contributed by atoms with E-state index in [1.54, 1.807) is 12.1 Å². The van der Waals surface area contributed by atoms with Crippen molar-refractivity contribution in [2.75, 3.05) is 34.5 Å². The van der Waals surface area contributed by atoms with Gasteiger partial charge in [0.25, 0.3) is 5.91 Å². The highest BCUT2D eigenvalue weighted by Crippen LogP contribution is 2.38. The molecule has 0 aliphatic carbocycles. The van der Waals surface area contributed by atoms with Crippen molar-refractivity contribution in [2.24, 2.45) is 0 Å². The van der Waals surface area contributed by atoms with Crippen LogP contribution in [0.15, 0.2) is 36.4 Å². The molecule has 0 aliphatic rings. The van der Waals surface area contributed by atoms with Gasteiger partial charge in [0.2, 0.25) is 5.75 Å². The topological polar surface area (TPSA) is 86.3 Å². The van der Waals surface area contributed by atoms with Gasteiger partial charge in [-0.05, 0) is 35.2 Å². The van der Waals surface area contributed by atoms with E-state index in [0.29, 0.717) is 28.6 Å². The summed E-state index contributed by atoms with van der Waals surface area (Å²) in [6.07, 6.45) is -0.863. The van der Waals surface area contributed by atoms with Gasteiger partial charge in [0, 0.05) is 12.1 Å². The molecule has 0 saturated heterocycles. The molecular formula is C23H31NO6. The van der Waals surface area contributed by atoms with Gasteiger partial charge < -0.3 is 29.4 Å². The summed E-state index contributed by atoms with van der Waals surface area (Å²) in [6, 6.07) is 10.9. The number of aliphatic hydroxyl groups excluding tert-OH is 1. The number of ether oxygens (including phenoxy) is 4. The van der Waals surface area contributed by atoms with Gasteiger partial charge in [-0.25, -0.2) is 0 Å². The molecule has 1 atom stereocenters. The minimum absolute atomic E-state index is 0.0373. The molecule has 2 rings (SSSR count). The third-order valence-corrected chi connectivity index (χ3v) is 4.59. The molecule has 0 radical (unpaired) electrons. The normalized spacial score (nSPS) is 12.1. The zero-order valence-corrected chi connectivity index (χ0v) is 18.4. The number of amides is 1. The van der Waals surface area contributed by atoms with Crippen molar-refractivity contribution in [1.29, 1.82) is 0 Å². The average Bonchev–Trinajstić information content (AvgIpc) is 2.74. The maximum Gasteiger partial charge on any atom is 0.251 e. The van der Waals surface area contributed by atoms with Crippen molar-refractivity contribution in [3.05, 3.63) is 47.5 Å². The van der Waals surface area contributed by atoms with E-state index in [-0.39, 0.29) is 24.5 Å². The van der Waals surface area contributed by atoms with Gasteiger partial charge in [0.15, 0.2) is 11.5 Å².